The molecule has 0 atom stereocenters. The van der Waals surface area contributed by atoms with Crippen LogP contribution < -0.4 is 4.74 Å². The summed E-state index contributed by atoms with van der Waals surface area (Å²) in [7, 11) is 0. The number of carbonyl (C=O) groups excluding carboxylic acids is 1. The molecule has 2 aromatic carbocycles. The first-order valence-electron chi connectivity index (χ1n) is 7.64. The maximum absolute atomic E-state index is 13.6. The van der Waals surface area contributed by atoms with Crippen molar-refractivity contribution in [2.45, 2.75) is 13.2 Å². The number of nitrogens with zero attached hydrogens (tertiary/aromatic N) is 1. The highest BCUT2D eigenvalue weighted by Crippen LogP contribution is 2.30. The minimum Gasteiger partial charge on any atom is -0.467 e. The van der Waals surface area contributed by atoms with E-state index in [0.717, 1.165) is 6.08 Å². The average molecular weight is 359 g/mol. The number of carbonyl (C=O) groups is 1. The van der Waals surface area contributed by atoms with E-state index in [1.165, 1.54) is 36.4 Å². The van der Waals surface area contributed by atoms with Crippen molar-refractivity contribution in [2.24, 2.45) is 0 Å². The molecule has 3 rings (SSSR count). The molecule has 1 heterocycles. The predicted octanol–water partition coefficient (Wildman–Crippen LogP) is 3.36. The lowest BCUT2D eigenvalue weighted by Gasteiger charge is -2.20. The molecule has 0 N–H and O–H groups in total. The molecule has 0 spiro atoms. The lowest BCUT2D eigenvalue weighted by molar-refractivity contribution is -0.384. The molecule has 134 valence electrons. The van der Waals surface area contributed by atoms with Crippen LogP contribution in [0.2, 0.25) is 0 Å². The molecule has 7 nitrogen and oxygen atoms in total. The molecule has 0 unspecified atom stereocenters. The monoisotopic (exact) mass is 359 g/mol. The summed E-state index contributed by atoms with van der Waals surface area (Å²) in [6.45, 7) is 0.102. The molecule has 0 aliphatic carbocycles. The van der Waals surface area contributed by atoms with Crippen LogP contribution in [0.4, 0.5) is 10.1 Å². The second-order valence-corrected chi connectivity index (χ2v) is 5.46. The fraction of sp³-hybridized carbons (Fsp3) is 0.167. The van der Waals surface area contributed by atoms with Crippen LogP contribution in [-0.2, 0) is 27.5 Å². The number of nitro groups is 1. The molecule has 0 bridgehead atoms. The molecule has 0 saturated heterocycles. The summed E-state index contributed by atoms with van der Waals surface area (Å²) in [5.74, 6) is -0.689. The van der Waals surface area contributed by atoms with Crippen molar-refractivity contribution in [2.75, 3.05) is 6.79 Å². The fourth-order valence-electron chi connectivity index (χ4n) is 2.47. The summed E-state index contributed by atoms with van der Waals surface area (Å²) in [5.41, 5.74) is 1.36. The van der Waals surface area contributed by atoms with Gasteiger partial charge in [0.25, 0.3) is 5.69 Å². The first-order valence-corrected chi connectivity index (χ1v) is 7.64. The van der Waals surface area contributed by atoms with Gasteiger partial charge in [0, 0.05) is 29.3 Å². The van der Waals surface area contributed by atoms with Crippen molar-refractivity contribution in [3.63, 3.8) is 0 Å². The summed E-state index contributed by atoms with van der Waals surface area (Å²) in [6.07, 6.45) is 2.55. The predicted molar refractivity (Wildman–Crippen MR) is 88.6 cm³/mol. The highest BCUT2D eigenvalue weighted by molar-refractivity contribution is 5.87. The van der Waals surface area contributed by atoms with Crippen molar-refractivity contribution in [1.29, 1.82) is 0 Å². The zero-order valence-corrected chi connectivity index (χ0v) is 13.5. The van der Waals surface area contributed by atoms with Crippen LogP contribution in [-0.4, -0.2) is 17.7 Å². The van der Waals surface area contributed by atoms with Gasteiger partial charge in [0.1, 0.15) is 18.2 Å². The molecule has 8 heteroatoms. The van der Waals surface area contributed by atoms with Gasteiger partial charge < -0.3 is 14.2 Å². The second-order valence-electron chi connectivity index (χ2n) is 5.46. The molecule has 0 saturated carbocycles. The van der Waals surface area contributed by atoms with Crippen molar-refractivity contribution < 1.29 is 28.3 Å². The number of esters is 1. The first-order chi connectivity index (χ1) is 12.5. The number of fused-ring (bicyclic) bond motifs is 1. The lowest BCUT2D eigenvalue weighted by atomic mass is 10.1. The molecule has 0 aromatic heterocycles. The van der Waals surface area contributed by atoms with Gasteiger partial charge in [-0.3, -0.25) is 10.1 Å². The Morgan fingerprint density at radius 1 is 1.35 bits per heavy atom. The van der Waals surface area contributed by atoms with E-state index in [2.05, 4.69) is 0 Å². The normalized spacial score (nSPS) is 13.1. The van der Waals surface area contributed by atoms with Gasteiger partial charge in [-0.05, 0) is 23.8 Å². The maximum atomic E-state index is 13.6. The van der Waals surface area contributed by atoms with Gasteiger partial charge in [0.2, 0.25) is 0 Å². The Bertz CT molecular complexity index is 880. The fourth-order valence-corrected chi connectivity index (χ4v) is 2.47. The molecule has 26 heavy (non-hydrogen) atoms. The van der Waals surface area contributed by atoms with Gasteiger partial charge in [-0.2, -0.15) is 0 Å². The number of non-ortho nitro benzene ring substituents is 1. The first kappa shape index (κ1) is 17.6. The Morgan fingerprint density at radius 2 is 2.19 bits per heavy atom. The van der Waals surface area contributed by atoms with Crippen LogP contribution in [0.15, 0.2) is 42.5 Å². The molecule has 1 aliphatic rings. The highest BCUT2D eigenvalue weighted by atomic mass is 19.1. The molecule has 0 radical (unpaired) electrons. The van der Waals surface area contributed by atoms with Gasteiger partial charge in [0.15, 0.2) is 6.79 Å². The van der Waals surface area contributed by atoms with E-state index in [1.54, 1.807) is 6.07 Å². The molecule has 0 fully saturated rings. The van der Waals surface area contributed by atoms with Crippen molar-refractivity contribution in [3.05, 3.63) is 75.1 Å². The van der Waals surface area contributed by atoms with E-state index in [4.69, 9.17) is 14.2 Å². The maximum Gasteiger partial charge on any atom is 0.331 e. The quantitative estimate of drug-likeness (QED) is 0.352. The molecule has 1 aliphatic heterocycles. The highest BCUT2D eigenvalue weighted by Gasteiger charge is 2.17. The standard InChI is InChI=1S/C18H14FNO6/c19-15-7-13-9-24-11-26-18(13)14(8-15)10-25-17(21)5-4-12-2-1-3-16(6-12)20(22)23/h1-8H,9-11H2/b5-4+. The van der Waals surface area contributed by atoms with Crippen LogP contribution in [0.3, 0.4) is 0 Å². The number of ether oxygens (including phenoxy) is 3. The van der Waals surface area contributed by atoms with E-state index >= 15 is 0 Å². The number of hydrogen-bond donors (Lipinski definition) is 0. The zero-order valence-electron chi connectivity index (χ0n) is 13.5. The third kappa shape index (κ3) is 4.22. The van der Waals surface area contributed by atoms with E-state index in [1.807, 2.05) is 0 Å². The Kier molecular flexibility index (Phi) is 5.23. The van der Waals surface area contributed by atoms with E-state index < -0.39 is 16.7 Å². The van der Waals surface area contributed by atoms with Gasteiger partial charge in [0.05, 0.1) is 11.5 Å². The Balaban J connectivity index is 1.65. The van der Waals surface area contributed by atoms with Crippen LogP contribution in [0, 0.1) is 15.9 Å². The minimum absolute atomic E-state index is 0.0479. The molecular formula is C18H14FNO6. The Labute approximate surface area is 147 Å². The van der Waals surface area contributed by atoms with Crippen LogP contribution in [0.25, 0.3) is 6.08 Å². The number of hydrogen-bond acceptors (Lipinski definition) is 6. The van der Waals surface area contributed by atoms with E-state index in [0.29, 0.717) is 22.4 Å². The smallest absolute Gasteiger partial charge is 0.331 e. The van der Waals surface area contributed by atoms with Gasteiger partial charge in [-0.25, -0.2) is 9.18 Å². The minimum atomic E-state index is -0.665. The summed E-state index contributed by atoms with van der Waals surface area (Å²) in [6, 6.07) is 8.37. The lowest BCUT2D eigenvalue weighted by Crippen LogP contribution is -2.14. The topological polar surface area (TPSA) is 87.9 Å². The van der Waals surface area contributed by atoms with E-state index in [-0.39, 0.29) is 25.7 Å². The molecular weight excluding hydrogens is 345 g/mol. The van der Waals surface area contributed by atoms with Gasteiger partial charge in [-0.1, -0.05) is 12.1 Å². The Morgan fingerprint density at radius 3 is 3.00 bits per heavy atom. The van der Waals surface area contributed by atoms with Gasteiger partial charge in [-0.15, -0.1) is 0 Å². The zero-order chi connectivity index (χ0) is 18.5. The summed E-state index contributed by atoms with van der Waals surface area (Å²) < 4.78 is 29.2. The number of benzene rings is 2. The Hall–Kier alpha value is -3.26. The molecule has 2 aromatic rings. The second kappa shape index (κ2) is 7.75. The van der Waals surface area contributed by atoms with Crippen LogP contribution in [0.5, 0.6) is 5.75 Å². The SMILES string of the molecule is O=C(/C=C/c1cccc([N+](=O)[O-])c1)OCc1cc(F)cc2c1OCOC2. The average Bonchev–Trinajstić information content (AvgIpc) is 2.64. The third-order valence-corrected chi connectivity index (χ3v) is 3.61. The van der Waals surface area contributed by atoms with Crippen molar-refractivity contribution in [3.8, 4) is 5.75 Å². The summed E-state index contributed by atoms with van der Waals surface area (Å²) in [4.78, 5) is 22.1. The van der Waals surface area contributed by atoms with Crippen molar-refractivity contribution in [1.82, 2.24) is 0 Å². The number of rotatable bonds is 5. The summed E-state index contributed by atoms with van der Waals surface area (Å²) >= 11 is 0. The van der Waals surface area contributed by atoms with Crippen LogP contribution in [0.1, 0.15) is 16.7 Å². The third-order valence-electron chi connectivity index (χ3n) is 3.61. The van der Waals surface area contributed by atoms with Crippen LogP contribution >= 0.6 is 0 Å². The van der Waals surface area contributed by atoms with Crippen molar-refractivity contribution >= 4 is 17.7 Å². The number of nitro benzene ring substituents is 1. The molecule has 0 amide bonds. The largest absolute Gasteiger partial charge is 0.467 e. The van der Waals surface area contributed by atoms with Gasteiger partial charge >= 0.3 is 5.97 Å². The van der Waals surface area contributed by atoms with E-state index in [9.17, 15) is 19.3 Å². The number of halogens is 1. The summed E-state index contributed by atoms with van der Waals surface area (Å²) in [5, 5.41) is 10.7.